The lowest BCUT2D eigenvalue weighted by atomic mass is 9.67. The van der Waals surface area contributed by atoms with Gasteiger partial charge in [-0.05, 0) is 68.9 Å². The van der Waals surface area contributed by atoms with Crippen LogP contribution in [-0.2, 0) is 30.8 Å². The summed E-state index contributed by atoms with van der Waals surface area (Å²) >= 11 is 0. The van der Waals surface area contributed by atoms with Crippen molar-refractivity contribution >= 4 is 5.91 Å². The summed E-state index contributed by atoms with van der Waals surface area (Å²) in [7, 11) is 3.19. The molecule has 1 fully saturated rings. The highest BCUT2D eigenvalue weighted by atomic mass is 16.7. The van der Waals surface area contributed by atoms with Crippen LogP contribution in [0.2, 0.25) is 0 Å². The fourth-order valence-corrected chi connectivity index (χ4v) is 6.03. The summed E-state index contributed by atoms with van der Waals surface area (Å²) in [4.78, 5) is 17.4. The Labute approximate surface area is 241 Å². The average Bonchev–Trinajstić information content (AvgIpc) is 3.00. The Morgan fingerprint density at radius 1 is 1.00 bits per heavy atom. The number of hydrogen-bond acceptors (Lipinski definition) is 6. The second kappa shape index (κ2) is 16.1. The lowest BCUT2D eigenvalue weighted by molar-refractivity contribution is -0.150. The lowest BCUT2D eigenvalue weighted by Gasteiger charge is -2.43. The quantitative estimate of drug-likeness (QED) is 0.222. The number of ether oxygens (including phenoxy) is 3. The largest absolute Gasteiger partial charge is 0.508 e. The number of likely N-dealkylation sites (tertiary alicyclic amines) is 1. The first kappa shape index (κ1) is 32.1. The van der Waals surface area contributed by atoms with Gasteiger partial charge >= 0.3 is 0 Å². The zero-order valence-corrected chi connectivity index (χ0v) is 25.2. The minimum Gasteiger partial charge on any atom is -0.508 e. The molecule has 1 heterocycles. The van der Waals surface area contributed by atoms with E-state index in [9.17, 15) is 9.90 Å². The van der Waals surface area contributed by atoms with Gasteiger partial charge in [0.1, 0.15) is 5.75 Å². The Morgan fingerprint density at radius 3 is 2.27 bits per heavy atom. The van der Waals surface area contributed by atoms with Gasteiger partial charge in [0.2, 0.25) is 5.91 Å². The van der Waals surface area contributed by atoms with Crippen molar-refractivity contribution in [3.63, 3.8) is 0 Å². The summed E-state index contributed by atoms with van der Waals surface area (Å²) in [5.41, 5.74) is 3.20. The van der Waals surface area contributed by atoms with Crippen LogP contribution in [-0.4, -0.2) is 86.8 Å². The van der Waals surface area contributed by atoms with E-state index in [1.165, 1.54) is 5.56 Å². The Hall–Kier alpha value is -2.45. The lowest BCUT2D eigenvalue weighted by Crippen LogP contribution is -2.45. The topological polar surface area (TPSA) is 71.5 Å². The number of piperidine rings is 1. The number of rotatable bonds is 16. The minimum absolute atomic E-state index is 0.0583. The molecule has 0 bridgehead atoms. The van der Waals surface area contributed by atoms with Crippen LogP contribution in [0, 0.1) is 0 Å². The maximum Gasteiger partial charge on any atom is 0.225 e. The van der Waals surface area contributed by atoms with E-state index < -0.39 is 6.29 Å². The van der Waals surface area contributed by atoms with Crippen molar-refractivity contribution in [2.24, 2.45) is 0 Å². The van der Waals surface area contributed by atoms with E-state index >= 15 is 0 Å². The Kier molecular flexibility index (Phi) is 12.9. The molecule has 2 aromatic carbocycles. The van der Waals surface area contributed by atoms with E-state index in [1.54, 1.807) is 14.2 Å². The average molecular weight is 555 g/mol. The predicted molar refractivity (Wildman–Crippen MR) is 160 cm³/mol. The maximum absolute atomic E-state index is 13.1. The van der Waals surface area contributed by atoms with Crippen molar-refractivity contribution in [3.8, 4) is 5.75 Å². The number of nitrogens with zero attached hydrogens (tertiary/aromatic N) is 2. The van der Waals surface area contributed by atoms with E-state index in [0.29, 0.717) is 31.9 Å². The summed E-state index contributed by atoms with van der Waals surface area (Å²) in [6.07, 6.45) is 4.31. The van der Waals surface area contributed by atoms with Crippen LogP contribution in [0.4, 0.5) is 0 Å². The first-order valence-electron chi connectivity index (χ1n) is 14.9. The van der Waals surface area contributed by atoms with Crippen molar-refractivity contribution in [2.75, 3.05) is 53.6 Å². The van der Waals surface area contributed by atoms with Gasteiger partial charge in [-0.15, -0.1) is 0 Å². The molecule has 2 aromatic rings. The number of phenolic OH excluding ortho intramolecular Hbond substituents is 1. The van der Waals surface area contributed by atoms with E-state index in [2.05, 4.69) is 56.0 Å². The summed E-state index contributed by atoms with van der Waals surface area (Å²) in [6.45, 7) is 10.8. The fraction of sp³-hybridized carbons (Fsp3) is 0.606. The van der Waals surface area contributed by atoms with Crippen molar-refractivity contribution in [1.29, 1.82) is 0 Å². The Bertz CT molecular complexity index is 1010. The van der Waals surface area contributed by atoms with Crippen LogP contribution in [0.3, 0.4) is 0 Å². The van der Waals surface area contributed by atoms with Gasteiger partial charge < -0.3 is 29.1 Å². The van der Waals surface area contributed by atoms with Crippen molar-refractivity contribution < 1.29 is 24.1 Å². The Balaban J connectivity index is 1.63. The molecule has 0 aromatic heterocycles. The number of methoxy groups -OCH3 is 2. The van der Waals surface area contributed by atoms with E-state index in [4.69, 9.17) is 14.2 Å². The van der Waals surface area contributed by atoms with Crippen LogP contribution in [0.1, 0.15) is 69.6 Å². The first-order valence-corrected chi connectivity index (χ1v) is 14.9. The third-order valence-electron chi connectivity index (χ3n) is 8.63. The number of aromatic hydroxyl groups is 1. The molecule has 222 valence electrons. The van der Waals surface area contributed by atoms with Gasteiger partial charge in [0.15, 0.2) is 6.29 Å². The highest BCUT2D eigenvalue weighted by molar-refractivity contribution is 5.76. The van der Waals surface area contributed by atoms with Crippen LogP contribution >= 0.6 is 0 Å². The molecule has 7 heteroatoms. The molecule has 7 nitrogen and oxygen atoms in total. The number of carbonyl (C=O) groups is 1. The molecule has 1 aliphatic rings. The second-order valence-electron chi connectivity index (χ2n) is 10.8. The number of hydrogen-bond donors (Lipinski definition) is 1. The van der Waals surface area contributed by atoms with Crippen molar-refractivity contribution in [3.05, 3.63) is 65.2 Å². The van der Waals surface area contributed by atoms with Crippen molar-refractivity contribution in [2.45, 2.75) is 77.0 Å². The summed E-state index contributed by atoms with van der Waals surface area (Å²) < 4.78 is 16.6. The third-order valence-corrected chi connectivity index (χ3v) is 8.63. The standard InChI is InChI=1S/C33H50N2O5/c1-6-28(7-2)35(25-32(38-4)39-5)31(37)17-23-40-22-16-26-14-15-30(36)29(24-26)33(27-12-10-9-11-13-27)18-20-34(8-3)21-19-33/h9-15,24,28,32,36H,6-8,16-23,25H2,1-5H3. The molecule has 0 radical (unpaired) electrons. The van der Waals surface area contributed by atoms with Gasteiger partial charge in [-0.25, -0.2) is 0 Å². The van der Waals surface area contributed by atoms with Gasteiger partial charge in [0.05, 0.1) is 26.2 Å². The molecule has 1 aliphatic heterocycles. The monoisotopic (exact) mass is 554 g/mol. The highest BCUT2D eigenvalue weighted by Gasteiger charge is 2.39. The molecule has 3 rings (SSSR count). The smallest absolute Gasteiger partial charge is 0.225 e. The first-order chi connectivity index (χ1) is 19.4. The minimum atomic E-state index is -0.442. The zero-order valence-electron chi connectivity index (χ0n) is 25.2. The number of phenols is 1. The van der Waals surface area contributed by atoms with Gasteiger partial charge in [-0.1, -0.05) is 63.2 Å². The number of amides is 1. The molecular formula is C33H50N2O5. The summed E-state index contributed by atoms with van der Waals surface area (Å²) in [6, 6.07) is 16.8. The van der Waals surface area contributed by atoms with Crippen LogP contribution in [0.5, 0.6) is 5.75 Å². The third kappa shape index (κ3) is 8.06. The zero-order chi connectivity index (χ0) is 29.0. The molecule has 0 unspecified atom stereocenters. The van der Waals surface area contributed by atoms with E-state index in [1.807, 2.05) is 23.1 Å². The molecule has 40 heavy (non-hydrogen) atoms. The molecule has 0 spiro atoms. The predicted octanol–water partition coefficient (Wildman–Crippen LogP) is 5.38. The van der Waals surface area contributed by atoms with E-state index in [-0.39, 0.29) is 17.4 Å². The second-order valence-corrected chi connectivity index (χ2v) is 10.8. The summed E-state index contributed by atoms with van der Waals surface area (Å²) in [5.74, 6) is 0.416. The highest BCUT2D eigenvalue weighted by Crippen LogP contribution is 2.45. The van der Waals surface area contributed by atoms with Gasteiger partial charge in [0.25, 0.3) is 0 Å². The van der Waals surface area contributed by atoms with Crippen LogP contribution < -0.4 is 0 Å². The molecule has 1 amide bonds. The fourth-order valence-electron chi connectivity index (χ4n) is 6.03. The van der Waals surface area contributed by atoms with Gasteiger partial charge in [0, 0.05) is 31.2 Å². The molecule has 1 saturated heterocycles. The van der Waals surface area contributed by atoms with Crippen molar-refractivity contribution in [1.82, 2.24) is 9.80 Å². The maximum atomic E-state index is 13.1. The SMILES string of the molecule is CCC(CC)N(CC(OC)OC)C(=O)CCOCCc1ccc(O)c(C2(c3ccccc3)CCN(CC)CC2)c1. The molecule has 0 saturated carbocycles. The molecule has 1 N–H and O–H groups in total. The molecule has 0 atom stereocenters. The number of carbonyl (C=O) groups excluding carboxylic acids is 1. The summed E-state index contributed by atoms with van der Waals surface area (Å²) in [5, 5.41) is 11.0. The van der Waals surface area contributed by atoms with Gasteiger partial charge in [-0.2, -0.15) is 0 Å². The van der Waals surface area contributed by atoms with Crippen LogP contribution in [0.25, 0.3) is 0 Å². The molecular weight excluding hydrogens is 504 g/mol. The van der Waals surface area contributed by atoms with Gasteiger partial charge in [-0.3, -0.25) is 4.79 Å². The number of benzene rings is 2. The normalized spacial score (nSPS) is 15.6. The molecule has 0 aliphatic carbocycles. The van der Waals surface area contributed by atoms with Crippen LogP contribution in [0.15, 0.2) is 48.5 Å². The van der Waals surface area contributed by atoms with E-state index in [0.717, 1.165) is 62.9 Å². The Morgan fingerprint density at radius 2 is 1.68 bits per heavy atom.